The summed E-state index contributed by atoms with van der Waals surface area (Å²) in [7, 11) is 3.98. The fraction of sp³-hybridized carbons (Fsp3) is 0.650. The fourth-order valence-electron chi connectivity index (χ4n) is 3.48. The number of aryl methyl sites for hydroxylation is 1. The molecule has 4 nitrogen and oxygen atoms in total. The quantitative estimate of drug-likeness (QED) is 0.400. The Morgan fingerprint density at radius 1 is 1.28 bits per heavy atom. The summed E-state index contributed by atoms with van der Waals surface area (Å²) >= 11 is 0. The van der Waals surface area contributed by atoms with Crippen LogP contribution in [0, 0.1) is 12.8 Å². The highest BCUT2D eigenvalue weighted by atomic mass is 127. The molecule has 1 heterocycles. The third-order valence-corrected chi connectivity index (χ3v) is 5.23. The summed E-state index contributed by atoms with van der Waals surface area (Å²) in [5, 5.41) is 3.54. The standard InChI is InChI=1S/C20H34N4.HI/c1-5-24-14-11-18(12-15-24)10-13-22-20(21-3)23(4)16-19-9-7-6-8-17(19)2;/h6-9,18H,5,10-16H2,1-4H3,(H,21,22);1H. The summed E-state index contributed by atoms with van der Waals surface area (Å²) in [4.78, 5) is 9.21. The predicted octanol–water partition coefficient (Wildman–Crippen LogP) is 3.74. The number of hydrogen-bond acceptors (Lipinski definition) is 2. The van der Waals surface area contributed by atoms with Crippen LogP contribution in [0.25, 0.3) is 0 Å². The molecule has 2 rings (SSSR count). The Morgan fingerprint density at radius 2 is 1.96 bits per heavy atom. The van der Waals surface area contributed by atoms with Crippen molar-refractivity contribution in [2.75, 3.05) is 40.3 Å². The van der Waals surface area contributed by atoms with Crippen LogP contribution >= 0.6 is 24.0 Å². The summed E-state index contributed by atoms with van der Waals surface area (Å²) in [6, 6.07) is 8.56. The summed E-state index contributed by atoms with van der Waals surface area (Å²) < 4.78 is 0. The van der Waals surface area contributed by atoms with Crippen LogP contribution in [0.3, 0.4) is 0 Å². The molecule has 142 valence electrons. The maximum atomic E-state index is 4.45. The number of piperidine rings is 1. The summed E-state index contributed by atoms with van der Waals surface area (Å²) in [6.07, 6.45) is 3.93. The number of nitrogens with zero attached hydrogens (tertiary/aromatic N) is 3. The number of nitrogens with one attached hydrogen (secondary N) is 1. The van der Waals surface area contributed by atoms with Crippen LogP contribution in [0.4, 0.5) is 0 Å². The molecule has 0 aromatic heterocycles. The zero-order chi connectivity index (χ0) is 17.4. The molecule has 5 heteroatoms. The van der Waals surface area contributed by atoms with Crippen LogP contribution in [-0.2, 0) is 6.54 Å². The smallest absolute Gasteiger partial charge is 0.193 e. The Hall–Kier alpha value is -0.820. The summed E-state index contributed by atoms with van der Waals surface area (Å²) in [5.74, 6) is 1.85. The normalized spacial score (nSPS) is 16.4. The van der Waals surface area contributed by atoms with Gasteiger partial charge in [0.25, 0.3) is 0 Å². The van der Waals surface area contributed by atoms with Gasteiger partial charge in [-0.05, 0) is 62.9 Å². The predicted molar refractivity (Wildman–Crippen MR) is 119 cm³/mol. The summed E-state index contributed by atoms with van der Waals surface area (Å²) in [5.41, 5.74) is 2.69. The maximum absolute atomic E-state index is 4.45. The Labute approximate surface area is 171 Å². The average Bonchev–Trinajstić information content (AvgIpc) is 2.61. The lowest BCUT2D eigenvalue weighted by Crippen LogP contribution is -2.40. The Bertz CT molecular complexity index is 524. The van der Waals surface area contributed by atoms with Gasteiger partial charge in [0.2, 0.25) is 0 Å². The van der Waals surface area contributed by atoms with E-state index in [2.05, 4.69) is 65.3 Å². The van der Waals surface area contributed by atoms with E-state index in [1.807, 2.05) is 7.05 Å². The van der Waals surface area contributed by atoms with Crippen molar-refractivity contribution in [3.8, 4) is 0 Å². The number of likely N-dealkylation sites (tertiary alicyclic amines) is 1. The first kappa shape index (κ1) is 22.2. The van der Waals surface area contributed by atoms with E-state index in [1.165, 1.54) is 50.0 Å². The monoisotopic (exact) mass is 458 g/mol. The zero-order valence-electron chi connectivity index (χ0n) is 16.3. The zero-order valence-corrected chi connectivity index (χ0v) is 18.6. The molecule has 0 atom stereocenters. The van der Waals surface area contributed by atoms with Gasteiger partial charge in [0.15, 0.2) is 5.96 Å². The third kappa shape index (κ3) is 7.13. The fourth-order valence-corrected chi connectivity index (χ4v) is 3.48. The minimum absolute atomic E-state index is 0. The van der Waals surface area contributed by atoms with E-state index in [0.717, 1.165) is 25.0 Å². The van der Waals surface area contributed by atoms with E-state index in [4.69, 9.17) is 0 Å². The van der Waals surface area contributed by atoms with Gasteiger partial charge in [-0.25, -0.2) is 0 Å². The van der Waals surface area contributed by atoms with E-state index in [0.29, 0.717) is 0 Å². The number of rotatable bonds is 6. The largest absolute Gasteiger partial charge is 0.356 e. The Kier molecular flexibility index (Phi) is 10.4. The molecular formula is C20H35IN4. The van der Waals surface area contributed by atoms with Crippen LogP contribution < -0.4 is 5.32 Å². The van der Waals surface area contributed by atoms with Gasteiger partial charge in [-0.1, -0.05) is 31.2 Å². The lowest BCUT2D eigenvalue weighted by molar-refractivity contribution is 0.187. The number of hydrogen-bond donors (Lipinski definition) is 1. The molecule has 1 aromatic rings. The second-order valence-corrected chi connectivity index (χ2v) is 6.92. The topological polar surface area (TPSA) is 30.9 Å². The first-order chi connectivity index (χ1) is 11.6. The molecule has 25 heavy (non-hydrogen) atoms. The molecule has 1 fully saturated rings. The number of halogens is 1. The molecule has 1 aliphatic rings. The second-order valence-electron chi connectivity index (χ2n) is 6.92. The average molecular weight is 458 g/mol. The molecule has 0 aliphatic carbocycles. The molecule has 0 radical (unpaired) electrons. The van der Waals surface area contributed by atoms with Crippen molar-refractivity contribution in [1.82, 2.24) is 15.1 Å². The first-order valence-electron chi connectivity index (χ1n) is 9.32. The van der Waals surface area contributed by atoms with Crippen molar-refractivity contribution in [3.63, 3.8) is 0 Å². The van der Waals surface area contributed by atoms with Crippen molar-refractivity contribution in [2.45, 2.75) is 39.7 Å². The van der Waals surface area contributed by atoms with Crippen LogP contribution in [0.2, 0.25) is 0 Å². The lowest BCUT2D eigenvalue weighted by atomic mass is 9.93. The Balaban J connectivity index is 0.00000312. The number of benzene rings is 1. The van der Waals surface area contributed by atoms with Gasteiger partial charge >= 0.3 is 0 Å². The Morgan fingerprint density at radius 3 is 2.56 bits per heavy atom. The summed E-state index contributed by atoms with van der Waals surface area (Å²) in [6.45, 7) is 10.1. The highest BCUT2D eigenvalue weighted by Gasteiger charge is 2.18. The minimum Gasteiger partial charge on any atom is -0.356 e. The molecule has 0 saturated carbocycles. The van der Waals surface area contributed by atoms with Crippen LogP contribution in [0.5, 0.6) is 0 Å². The molecule has 1 N–H and O–H groups in total. The molecule has 1 aromatic carbocycles. The molecule has 1 aliphatic heterocycles. The lowest BCUT2D eigenvalue weighted by Gasteiger charge is -2.31. The van der Waals surface area contributed by atoms with Crippen LogP contribution in [0.15, 0.2) is 29.3 Å². The van der Waals surface area contributed by atoms with Crippen molar-refractivity contribution in [3.05, 3.63) is 35.4 Å². The van der Waals surface area contributed by atoms with E-state index in [9.17, 15) is 0 Å². The van der Waals surface area contributed by atoms with Crippen molar-refractivity contribution >= 4 is 29.9 Å². The third-order valence-electron chi connectivity index (χ3n) is 5.23. The SMILES string of the molecule is CCN1CCC(CCNC(=NC)N(C)Cc2ccccc2C)CC1.I. The van der Waals surface area contributed by atoms with Gasteiger partial charge in [0.05, 0.1) is 0 Å². The molecule has 0 spiro atoms. The van der Waals surface area contributed by atoms with Gasteiger partial charge in [-0.15, -0.1) is 24.0 Å². The van der Waals surface area contributed by atoms with Gasteiger partial charge in [0.1, 0.15) is 0 Å². The number of aliphatic imine (C=N–C) groups is 1. The van der Waals surface area contributed by atoms with E-state index >= 15 is 0 Å². The molecule has 0 amide bonds. The maximum Gasteiger partial charge on any atom is 0.193 e. The van der Waals surface area contributed by atoms with E-state index in [1.54, 1.807) is 0 Å². The molecule has 1 saturated heterocycles. The van der Waals surface area contributed by atoms with Crippen molar-refractivity contribution < 1.29 is 0 Å². The van der Waals surface area contributed by atoms with Gasteiger partial charge in [-0.2, -0.15) is 0 Å². The second kappa shape index (κ2) is 11.7. The van der Waals surface area contributed by atoms with Crippen LogP contribution in [0.1, 0.15) is 37.3 Å². The highest BCUT2D eigenvalue weighted by Crippen LogP contribution is 2.19. The molecular weight excluding hydrogens is 423 g/mol. The molecule has 0 bridgehead atoms. The van der Waals surface area contributed by atoms with Crippen molar-refractivity contribution in [1.29, 1.82) is 0 Å². The number of guanidine groups is 1. The van der Waals surface area contributed by atoms with E-state index < -0.39 is 0 Å². The van der Waals surface area contributed by atoms with Crippen molar-refractivity contribution in [2.24, 2.45) is 10.9 Å². The van der Waals surface area contributed by atoms with Gasteiger partial charge in [-0.3, -0.25) is 4.99 Å². The van der Waals surface area contributed by atoms with E-state index in [-0.39, 0.29) is 24.0 Å². The molecule has 0 unspecified atom stereocenters. The van der Waals surface area contributed by atoms with Gasteiger partial charge < -0.3 is 15.1 Å². The minimum atomic E-state index is 0. The van der Waals surface area contributed by atoms with Crippen LogP contribution in [-0.4, -0.2) is 56.0 Å². The first-order valence-corrected chi connectivity index (χ1v) is 9.32. The van der Waals surface area contributed by atoms with Gasteiger partial charge in [0, 0.05) is 27.2 Å². The highest BCUT2D eigenvalue weighted by molar-refractivity contribution is 14.0.